The van der Waals surface area contributed by atoms with Gasteiger partial charge < -0.3 is 0 Å². The van der Waals surface area contributed by atoms with Gasteiger partial charge in [0.05, 0.1) is 5.56 Å². The molecule has 0 aliphatic rings. The molecule has 0 radical (unpaired) electrons. The molecule has 0 atom stereocenters. The van der Waals surface area contributed by atoms with Crippen LogP contribution in [0.25, 0.3) is 21.5 Å². The summed E-state index contributed by atoms with van der Waals surface area (Å²) in [5.74, 6) is 0. The Kier molecular flexibility index (Phi) is 2.54. The second-order valence-corrected chi connectivity index (χ2v) is 5.07. The van der Waals surface area contributed by atoms with E-state index in [1.807, 2.05) is 6.92 Å². The van der Waals surface area contributed by atoms with Crippen LogP contribution in [-0.4, -0.2) is 0 Å². The summed E-state index contributed by atoms with van der Waals surface area (Å²) in [6.07, 6.45) is 0. The maximum Gasteiger partial charge on any atom is 0.100 e. The van der Waals surface area contributed by atoms with E-state index in [1.165, 1.54) is 27.3 Å². The van der Waals surface area contributed by atoms with E-state index in [0.717, 1.165) is 16.5 Å². The summed E-state index contributed by atoms with van der Waals surface area (Å²) in [7, 11) is 0. The third-order valence-corrected chi connectivity index (χ3v) is 4.19. The van der Waals surface area contributed by atoms with Crippen LogP contribution in [0.1, 0.15) is 22.3 Å². The van der Waals surface area contributed by atoms with Crippen LogP contribution in [0.5, 0.6) is 0 Å². The second kappa shape index (κ2) is 4.10. The number of hydrogen-bond donors (Lipinski definition) is 0. The molecule has 0 aliphatic carbocycles. The van der Waals surface area contributed by atoms with E-state index in [9.17, 15) is 5.26 Å². The lowest BCUT2D eigenvalue weighted by Gasteiger charge is -2.14. The fourth-order valence-electron chi connectivity index (χ4n) is 2.89. The van der Waals surface area contributed by atoms with Gasteiger partial charge in [-0.25, -0.2) is 0 Å². The lowest BCUT2D eigenvalue weighted by molar-refractivity contribution is 1.28. The highest BCUT2D eigenvalue weighted by Crippen LogP contribution is 2.34. The van der Waals surface area contributed by atoms with E-state index in [-0.39, 0.29) is 0 Å². The average molecular weight is 245 g/mol. The Labute approximate surface area is 113 Å². The number of benzene rings is 3. The average Bonchev–Trinajstić information content (AvgIpc) is 2.45. The Balaban J connectivity index is 2.68. The molecular formula is C18H15N. The van der Waals surface area contributed by atoms with Crippen molar-refractivity contribution < 1.29 is 0 Å². The van der Waals surface area contributed by atoms with E-state index in [4.69, 9.17) is 0 Å². The molecule has 0 bridgehead atoms. The van der Waals surface area contributed by atoms with E-state index in [2.05, 4.69) is 56.3 Å². The fourth-order valence-corrected chi connectivity index (χ4v) is 2.89. The zero-order chi connectivity index (χ0) is 13.6. The summed E-state index contributed by atoms with van der Waals surface area (Å²) in [5, 5.41) is 14.2. The molecule has 3 aromatic carbocycles. The third kappa shape index (κ3) is 1.54. The molecule has 3 aromatic rings. The molecule has 0 aliphatic heterocycles. The maximum absolute atomic E-state index is 9.45. The van der Waals surface area contributed by atoms with Gasteiger partial charge in [-0.2, -0.15) is 5.26 Å². The van der Waals surface area contributed by atoms with Crippen LogP contribution < -0.4 is 0 Å². The molecule has 0 saturated heterocycles. The van der Waals surface area contributed by atoms with Crippen LogP contribution in [0.2, 0.25) is 0 Å². The van der Waals surface area contributed by atoms with Gasteiger partial charge in [0.15, 0.2) is 0 Å². The van der Waals surface area contributed by atoms with Crippen molar-refractivity contribution in [3.8, 4) is 6.07 Å². The summed E-state index contributed by atoms with van der Waals surface area (Å²) < 4.78 is 0. The van der Waals surface area contributed by atoms with Crippen molar-refractivity contribution >= 4 is 21.5 Å². The number of aryl methyl sites for hydroxylation is 1. The van der Waals surface area contributed by atoms with Gasteiger partial charge in [-0.05, 0) is 53.6 Å². The Hall–Kier alpha value is -2.33. The summed E-state index contributed by atoms with van der Waals surface area (Å²) in [4.78, 5) is 0. The summed E-state index contributed by atoms with van der Waals surface area (Å²) in [5.41, 5.74) is 4.41. The Morgan fingerprint density at radius 3 is 2.26 bits per heavy atom. The van der Waals surface area contributed by atoms with Crippen LogP contribution in [0.4, 0.5) is 0 Å². The Morgan fingerprint density at radius 1 is 0.789 bits per heavy atom. The molecule has 19 heavy (non-hydrogen) atoms. The minimum atomic E-state index is 0.809. The van der Waals surface area contributed by atoms with Crippen molar-refractivity contribution in [3.05, 3.63) is 58.7 Å². The van der Waals surface area contributed by atoms with Crippen molar-refractivity contribution in [2.24, 2.45) is 0 Å². The molecular weight excluding hydrogens is 230 g/mol. The van der Waals surface area contributed by atoms with Gasteiger partial charge in [0, 0.05) is 5.39 Å². The molecule has 1 nitrogen and oxygen atoms in total. The van der Waals surface area contributed by atoms with Gasteiger partial charge in [-0.15, -0.1) is 0 Å². The SMILES string of the molecule is Cc1c(C)c(C)c2c(ccc3ccccc32)c1C#N. The van der Waals surface area contributed by atoms with Gasteiger partial charge in [-0.3, -0.25) is 0 Å². The van der Waals surface area contributed by atoms with E-state index < -0.39 is 0 Å². The van der Waals surface area contributed by atoms with Crippen LogP contribution >= 0.6 is 0 Å². The number of nitrogens with zero attached hydrogens (tertiary/aromatic N) is 1. The van der Waals surface area contributed by atoms with Crippen molar-refractivity contribution in [3.63, 3.8) is 0 Å². The smallest absolute Gasteiger partial charge is 0.100 e. The molecule has 0 aromatic heterocycles. The van der Waals surface area contributed by atoms with Gasteiger partial charge in [-0.1, -0.05) is 36.4 Å². The zero-order valence-corrected chi connectivity index (χ0v) is 11.4. The second-order valence-electron chi connectivity index (χ2n) is 5.07. The van der Waals surface area contributed by atoms with Crippen molar-refractivity contribution in [2.75, 3.05) is 0 Å². The summed E-state index contributed by atoms with van der Waals surface area (Å²) in [6.45, 7) is 6.29. The molecule has 0 heterocycles. The van der Waals surface area contributed by atoms with Crippen molar-refractivity contribution in [1.29, 1.82) is 5.26 Å². The minimum absolute atomic E-state index is 0.809. The van der Waals surface area contributed by atoms with Crippen LogP contribution in [0.15, 0.2) is 36.4 Å². The highest BCUT2D eigenvalue weighted by Gasteiger charge is 2.13. The van der Waals surface area contributed by atoms with Crippen LogP contribution in [0, 0.1) is 32.1 Å². The van der Waals surface area contributed by atoms with E-state index in [1.54, 1.807) is 0 Å². The van der Waals surface area contributed by atoms with Crippen LogP contribution in [0.3, 0.4) is 0 Å². The lowest BCUT2D eigenvalue weighted by atomic mass is 9.89. The number of hydrogen-bond acceptors (Lipinski definition) is 1. The van der Waals surface area contributed by atoms with Crippen molar-refractivity contribution in [2.45, 2.75) is 20.8 Å². The topological polar surface area (TPSA) is 23.8 Å². The largest absolute Gasteiger partial charge is 0.192 e. The predicted molar refractivity (Wildman–Crippen MR) is 80.4 cm³/mol. The van der Waals surface area contributed by atoms with Gasteiger partial charge in [0.1, 0.15) is 6.07 Å². The van der Waals surface area contributed by atoms with Crippen LogP contribution in [-0.2, 0) is 0 Å². The molecule has 0 amide bonds. The highest BCUT2D eigenvalue weighted by atomic mass is 14.3. The Bertz CT molecular complexity index is 851. The maximum atomic E-state index is 9.45. The molecule has 0 spiro atoms. The monoisotopic (exact) mass is 245 g/mol. The molecule has 0 N–H and O–H groups in total. The predicted octanol–water partition coefficient (Wildman–Crippen LogP) is 4.79. The van der Waals surface area contributed by atoms with E-state index >= 15 is 0 Å². The Morgan fingerprint density at radius 2 is 1.53 bits per heavy atom. The number of rotatable bonds is 0. The fraction of sp³-hybridized carbons (Fsp3) is 0.167. The first kappa shape index (κ1) is 11.7. The molecule has 92 valence electrons. The molecule has 3 rings (SSSR count). The van der Waals surface area contributed by atoms with Crippen molar-refractivity contribution in [1.82, 2.24) is 0 Å². The normalized spacial score (nSPS) is 10.8. The summed E-state index contributed by atoms with van der Waals surface area (Å²) >= 11 is 0. The lowest BCUT2D eigenvalue weighted by Crippen LogP contribution is -1.95. The quantitative estimate of drug-likeness (QED) is 0.522. The first-order valence-electron chi connectivity index (χ1n) is 6.46. The molecule has 0 unspecified atom stereocenters. The first-order chi connectivity index (χ1) is 9.15. The van der Waals surface area contributed by atoms with E-state index in [0.29, 0.717) is 0 Å². The standard InChI is InChI=1S/C18H15N/c1-11-12(2)17(10-19)16-9-8-14-6-4-5-7-15(14)18(16)13(11)3/h4-9H,1-3H3. The summed E-state index contributed by atoms with van der Waals surface area (Å²) in [6, 6.07) is 14.9. The molecule has 1 heteroatoms. The minimum Gasteiger partial charge on any atom is -0.192 e. The number of fused-ring (bicyclic) bond motifs is 3. The first-order valence-corrected chi connectivity index (χ1v) is 6.46. The number of nitriles is 1. The molecule has 0 fully saturated rings. The zero-order valence-electron chi connectivity index (χ0n) is 11.4. The van der Waals surface area contributed by atoms with Gasteiger partial charge in [0.2, 0.25) is 0 Å². The highest BCUT2D eigenvalue weighted by molar-refractivity contribution is 6.11. The molecule has 0 saturated carbocycles. The van der Waals surface area contributed by atoms with Gasteiger partial charge >= 0.3 is 0 Å². The third-order valence-electron chi connectivity index (χ3n) is 4.19. The van der Waals surface area contributed by atoms with Gasteiger partial charge in [0.25, 0.3) is 0 Å².